The van der Waals surface area contributed by atoms with Crippen molar-refractivity contribution in [2.24, 2.45) is 0 Å². The molecule has 0 bridgehead atoms. The number of benzene rings is 2. The van der Waals surface area contributed by atoms with Crippen LogP contribution in [0.3, 0.4) is 0 Å². The molecule has 3 N–H and O–H groups in total. The molecule has 0 radical (unpaired) electrons. The second kappa shape index (κ2) is 8.31. The van der Waals surface area contributed by atoms with Crippen LogP contribution in [0, 0.1) is 0 Å². The maximum absolute atomic E-state index is 12.9. The van der Waals surface area contributed by atoms with Crippen molar-refractivity contribution in [2.45, 2.75) is 32.9 Å². The summed E-state index contributed by atoms with van der Waals surface area (Å²) < 4.78 is 10.5. The van der Waals surface area contributed by atoms with Crippen LogP contribution in [0.1, 0.15) is 42.3 Å². The predicted octanol–water partition coefficient (Wildman–Crippen LogP) is 4.19. The first-order valence-corrected chi connectivity index (χ1v) is 8.72. The van der Waals surface area contributed by atoms with Crippen LogP contribution < -0.4 is 15.8 Å². The lowest BCUT2D eigenvalue weighted by molar-refractivity contribution is 0.0523. The number of nitrogen functional groups attached to an aromatic ring is 1. The molecule has 2 aromatic carbocycles. The van der Waals surface area contributed by atoms with Crippen LogP contribution in [0.25, 0.3) is 0 Å². The SMILES string of the molecule is COc1ccc(CNC(=O)OC(C)(C)C)cc1C(=O)c1ccc(Cl)cc1N. The Bertz CT molecular complexity index is 860. The Balaban J connectivity index is 2.24. The lowest BCUT2D eigenvalue weighted by Crippen LogP contribution is -2.32. The fourth-order valence-electron chi connectivity index (χ4n) is 2.42. The van der Waals surface area contributed by atoms with E-state index in [4.69, 9.17) is 26.8 Å². The maximum Gasteiger partial charge on any atom is 0.407 e. The van der Waals surface area contributed by atoms with E-state index in [1.54, 1.807) is 51.1 Å². The Morgan fingerprint density at radius 3 is 2.41 bits per heavy atom. The van der Waals surface area contributed by atoms with Gasteiger partial charge in [-0.05, 0) is 56.7 Å². The zero-order chi connectivity index (χ0) is 20.2. The molecule has 0 heterocycles. The predicted molar refractivity (Wildman–Crippen MR) is 105 cm³/mol. The molecule has 0 aromatic heterocycles. The van der Waals surface area contributed by atoms with E-state index in [1.807, 2.05) is 0 Å². The monoisotopic (exact) mass is 390 g/mol. The molecular formula is C20H23ClN2O4. The van der Waals surface area contributed by atoms with Gasteiger partial charge in [0, 0.05) is 22.8 Å². The Morgan fingerprint density at radius 2 is 1.81 bits per heavy atom. The third kappa shape index (κ3) is 5.62. The van der Waals surface area contributed by atoms with Crippen LogP contribution in [0.4, 0.5) is 10.5 Å². The van der Waals surface area contributed by atoms with Crippen molar-refractivity contribution in [3.05, 3.63) is 58.1 Å². The molecule has 0 atom stereocenters. The first-order valence-electron chi connectivity index (χ1n) is 8.34. The average Bonchev–Trinajstić information content (AvgIpc) is 2.57. The van der Waals surface area contributed by atoms with E-state index in [0.29, 0.717) is 21.9 Å². The molecular weight excluding hydrogens is 368 g/mol. The number of methoxy groups -OCH3 is 1. The van der Waals surface area contributed by atoms with Gasteiger partial charge in [-0.3, -0.25) is 4.79 Å². The number of alkyl carbamates (subject to hydrolysis) is 1. The van der Waals surface area contributed by atoms with Crippen molar-refractivity contribution in [1.82, 2.24) is 5.32 Å². The first kappa shape index (κ1) is 20.6. The summed E-state index contributed by atoms with van der Waals surface area (Å²) in [6.45, 7) is 5.56. The van der Waals surface area contributed by atoms with E-state index in [2.05, 4.69) is 5.32 Å². The zero-order valence-electron chi connectivity index (χ0n) is 15.8. The number of ketones is 1. The molecule has 0 saturated carbocycles. The first-order chi connectivity index (χ1) is 12.6. The number of carbonyl (C=O) groups is 2. The lowest BCUT2D eigenvalue weighted by Gasteiger charge is -2.19. The summed E-state index contributed by atoms with van der Waals surface area (Å²) in [6.07, 6.45) is -0.534. The van der Waals surface area contributed by atoms with Gasteiger partial charge >= 0.3 is 6.09 Å². The largest absolute Gasteiger partial charge is 0.496 e. The topological polar surface area (TPSA) is 90.6 Å². The highest BCUT2D eigenvalue weighted by Gasteiger charge is 2.19. The Labute approximate surface area is 163 Å². The molecule has 0 saturated heterocycles. The van der Waals surface area contributed by atoms with Gasteiger partial charge in [0.1, 0.15) is 11.4 Å². The molecule has 0 spiro atoms. The second-order valence-electron chi connectivity index (χ2n) is 6.95. The molecule has 144 valence electrons. The van der Waals surface area contributed by atoms with E-state index in [-0.39, 0.29) is 18.0 Å². The minimum atomic E-state index is -0.586. The Morgan fingerprint density at radius 1 is 1.11 bits per heavy atom. The third-order valence-corrected chi connectivity index (χ3v) is 3.84. The highest BCUT2D eigenvalue weighted by molar-refractivity contribution is 6.31. The van der Waals surface area contributed by atoms with Gasteiger partial charge < -0.3 is 20.5 Å². The van der Waals surface area contributed by atoms with Gasteiger partial charge in [-0.25, -0.2) is 4.79 Å². The van der Waals surface area contributed by atoms with Crippen LogP contribution in [-0.4, -0.2) is 24.6 Å². The van der Waals surface area contributed by atoms with Crippen molar-refractivity contribution in [2.75, 3.05) is 12.8 Å². The Kier molecular flexibility index (Phi) is 6.33. The molecule has 0 aliphatic carbocycles. The van der Waals surface area contributed by atoms with Gasteiger partial charge in [0.2, 0.25) is 0 Å². The number of ether oxygens (including phenoxy) is 2. The minimum absolute atomic E-state index is 0.204. The summed E-state index contributed by atoms with van der Waals surface area (Å²) in [4.78, 5) is 24.7. The van der Waals surface area contributed by atoms with Gasteiger partial charge in [-0.2, -0.15) is 0 Å². The van der Waals surface area contributed by atoms with Crippen LogP contribution in [0.15, 0.2) is 36.4 Å². The Hall–Kier alpha value is -2.73. The van der Waals surface area contributed by atoms with Crippen LogP contribution >= 0.6 is 11.6 Å². The number of nitrogens with two attached hydrogens (primary N) is 1. The van der Waals surface area contributed by atoms with E-state index >= 15 is 0 Å². The van der Waals surface area contributed by atoms with E-state index < -0.39 is 11.7 Å². The molecule has 0 unspecified atom stereocenters. The number of hydrogen-bond donors (Lipinski definition) is 2. The number of nitrogens with one attached hydrogen (secondary N) is 1. The minimum Gasteiger partial charge on any atom is -0.496 e. The second-order valence-corrected chi connectivity index (χ2v) is 7.39. The van der Waals surface area contributed by atoms with E-state index in [9.17, 15) is 9.59 Å². The molecule has 0 fully saturated rings. The van der Waals surface area contributed by atoms with Crippen LogP contribution in [0.2, 0.25) is 5.02 Å². The summed E-state index contributed by atoms with van der Waals surface area (Å²) in [5.41, 5.74) is 7.02. The molecule has 0 aliphatic heterocycles. The lowest BCUT2D eigenvalue weighted by atomic mass is 9.99. The molecule has 7 heteroatoms. The van der Waals surface area contributed by atoms with Gasteiger partial charge in [-0.1, -0.05) is 17.7 Å². The fraction of sp³-hybridized carbons (Fsp3) is 0.300. The number of carbonyl (C=O) groups excluding carboxylic acids is 2. The zero-order valence-corrected chi connectivity index (χ0v) is 16.5. The average molecular weight is 391 g/mol. The highest BCUT2D eigenvalue weighted by atomic mass is 35.5. The molecule has 27 heavy (non-hydrogen) atoms. The number of amides is 1. The number of hydrogen-bond acceptors (Lipinski definition) is 5. The smallest absolute Gasteiger partial charge is 0.407 e. The fourth-order valence-corrected chi connectivity index (χ4v) is 2.60. The van der Waals surface area contributed by atoms with E-state index in [0.717, 1.165) is 5.56 Å². The molecule has 2 aromatic rings. The number of halogens is 1. The summed E-state index contributed by atoms with van der Waals surface area (Å²) in [5.74, 6) is 0.121. The molecule has 0 aliphatic rings. The number of rotatable bonds is 5. The molecule has 2 rings (SSSR count). The molecule has 1 amide bonds. The van der Waals surface area contributed by atoms with Crippen molar-refractivity contribution >= 4 is 29.2 Å². The normalized spacial score (nSPS) is 11.0. The van der Waals surface area contributed by atoms with Crippen molar-refractivity contribution < 1.29 is 19.1 Å². The van der Waals surface area contributed by atoms with Gasteiger partial charge in [-0.15, -0.1) is 0 Å². The van der Waals surface area contributed by atoms with Crippen molar-refractivity contribution in [1.29, 1.82) is 0 Å². The van der Waals surface area contributed by atoms with Gasteiger partial charge in [0.05, 0.1) is 12.7 Å². The summed E-state index contributed by atoms with van der Waals surface area (Å²) in [5, 5.41) is 3.11. The summed E-state index contributed by atoms with van der Waals surface area (Å²) in [6, 6.07) is 9.79. The standard InChI is InChI=1S/C20H23ClN2O4/c1-20(2,3)27-19(25)23-11-12-5-8-17(26-4)15(9-12)18(24)14-7-6-13(21)10-16(14)22/h5-10H,11,22H2,1-4H3,(H,23,25). The van der Waals surface area contributed by atoms with Gasteiger partial charge in [0.25, 0.3) is 0 Å². The third-order valence-electron chi connectivity index (χ3n) is 3.60. The van der Waals surface area contributed by atoms with Crippen molar-refractivity contribution in [3.8, 4) is 5.75 Å². The van der Waals surface area contributed by atoms with E-state index in [1.165, 1.54) is 13.2 Å². The highest BCUT2D eigenvalue weighted by Crippen LogP contribution is 2.27. The maximum atomic E-state index is 12.9. The van der Waals surface area contributed by atoms with Gasteiger partial charge in [0.15, 0.2) is 5.78 Å². The summed E-state index contributed by atoms with van der Waals surface area (Å²) >= 11 is 5.90. The summed E-state index contributed by atoms with van der Waals surface area (Å²) in [7, 11) is 1.48. The van der Waals surface area contributed by atoms with Crippen LogP contribution in [0.5, 0.6) is 5.75 Å². The van der Waals surface area contributed by atoms with Crippen molar-refractivity contribution in [3.63, 3.8) is 0 Å². The van der Waals surface area contributed by atoms with Crippen LogP contribution in [-0.2, 0) is 11.3 Å². The number of anilines is 1. The quantitative estimate of drug-likeness (QED) is 0.590. The molecule has 6 nitrogen and oxygen atoms in total.